The van der Waals surface area contributed by atoms with Gasteiger partial charge in [-0.05, 0) is 12.2 Å². The number of fused-ring (bicyclic) bond motifs is 1. The van der Waals surface area contributed by atoms with Crippen molar-refractivity contribution in [3.63, 3.8) is 0 Å². The maximum atomic E-state index is 8.91. The molecular formula is C9H11NOS. The van der Waals surface area contributed by atoms with Gasteiger partial charge in [0, 0.05) is 21.8 Å². The van der Waals surface area contributed by atoms with Crippen LogP contribution >= 0.6 is 11.8 Å². The Morgan fingerprint density at radius 2 is 2.33 bits per heavy atom. The van der Waals surface area contributed by atoms with E-state index in [-0.39, 0.29) is 6.61 Å². The van der Waals surface area contributed by atoms with Crippen molar-refractivity contribution in [2.75, 3.05) is 6.61 Å². The van der Waals surface area contributed by atoms with Crippen LogP contribution in [-0.4, -0.2) is 17.0 Å². The third-order valence-corrected chi connectivity index (χ3v) is 3.36. The number of nitrogens with two attached hydrogens (primary N) is 1. The predicted molar refractivity (Wildman–Crippen MR) is 51.4 cm³/mol. The summed E-state index contributed by atoms with van der Waals surface area (Å²) in [4.78, 5) is 1.06. The molecule has 2 nitrogen and oxygen atoms in total. The molecule has 0 aromatic heterocycles. The van der Waals surface area contributed by atoms with Crippen molar-refractivity contribution in [3.05, 3.63) is 34.9 Å². The Balaban J connectivity index is 2.18. The smallest absolute Gasteiger partial charge is 0.0737 e. The molecule has 1 aliphatic heterocycles. The Labute approximate surface area is 75.8 Å². The molecule has 2 aliphatic rings. The minimum Gasteiger partial charge on any atom is -0.399 e. The molecule has 0 amide bonds. The first-order chi connectivity index (χ1) is 5.79. The molecule has 1 heterocycles. The second kappa shape index (κ2) is 2.99. The molecule has 1 aliphatic carbocycles. The standard InChI is InChI=1S/C9H11NOS/c10-7-2-1-6-3-8(5-11)12-9(6)4-7/h1-4,6,9,11H,5,10H2. The van der Waals surface area contributed by atoms with E-state index in [0.29, 0.717) is 11.2 Å². The van der Waals surface area contributed by atoms with Crippen molar-refractivity contribution >= 4 is 11.8 Å². The van der Waals surface area contributed by atoms with Crippen LogP contribution in [0.25, 0.3) is 0 Å². The van der Waals surface area contributed by atoms with E-state index in [0.717, 1.165) is 10.6 Å². The lowest BCUT2D eigenvalue weighted by atomic mass is 9.99. The minimum atomic E-state index is 0.152. The van der Waals surface area contributed by atoms with Gasteiger partial charge in [-0.2, -0.15) is 0 Å². The maximum Gasteiger partial charge on any atom is 0.0737 e. The fourth-order valence-electron chi connectivity index (χ4n) is 1.47. The van der Waals surface area contributed by atoms with Gasteiger partial charge in [-0.15, -0.1) is 11.8 Å². The normalized spacial score (nSPS) is 32.8. The Morgan fingerprint density at radius 3 is 3.08 bits per heavy atom. The third-order valence-electron chi connectivity index (χ3n) is 2.07. The van der Waals surface area contributed by atoms with E-state index in [1.807, 2.05) is 6.08 Å². The Hall–Kier alpha value is -0.670. The fraction of sp³-hybridized carbons (Fsp3) is 0.333. The summed E-state index contributed by atoms with van der Waals surface area (Å²) < 4.78 is 0. The highest BCUT2D eigenvalue weighted by molar-refractivity contribution is 8.04. The molecule has 0 fully saturated rings. The van der Waals surface area contributed by atoms with Crippen LogP contribution < -0.4 is 5.73 Å². The quantitative estimate of drug-likeness (QED) is 0.634. The number of thioether (sulfide) groups is 1. The van der Waals surface area contributed by atoms with E-state index in [2.05, 4.69) is 18.2 Å². The summed E-state index contributed by atoms with van der Waals surface area (Å²) in [5.74, 6) is 0.435. The number of hydrogen-bond donors (Lipinski definition) is 2. The monoisotopic (exact) mass is 181 g/mol. The molecule has 0 spiro atoms. The molecular weight excluding hydrogens is 170 g/mol. The van der Waals surface area contributed by atoms with Crippen molar-refractivity contribution in [1.29, 1.82) is 0 Å². The molecule has 2 rings (SSSR count). The summed E-state index contributed by atoms with van der Waals surface area (Å²) >= 11 is 1.70. The molecule has 2 atom stereocenters. The summed E-state index contributed by atoms with van der Waals surface area (Å²) in [6.45, 7) is 0.152. The van der Waals surface area contributed by atoms with Gasteiger partial charge in [0.15, 0.2) is 0 Å². The minimum absolute atomic E-state index is 0.152. The number of aliphatic hydroxyl groups excluding tert-OH is 1. The van der Waals surface area contributed by atoms with E-state index in [1.165, 1.54) is 0 Å². The van der Waals surface area contributed by atoms with E-state index < -0.39 is 0 Å². The van der Waals surface area contributed by atoms with Gasteiger partial charge in [0.2, 0.25) is 0 Å². The van der Waals surface area contributed by atoms with Gasteiger partial charge in [-0.1, -0.05) is 12.2 Å². The summed E-state index contributed by atoms with van der Waals surface area (Å²) in [6.07, 6.45) is 8.18. The maximum absolute atomic E-state index is 8.91. The van der Waals surface area contributed by atoms with Crippen LogP contribution in [0.5, 0.6) is 0 Å². The Bertz CT molecular complexity index is 280. The average molecular weight is 181 g/mol. The van der Waals surface area contributed by atoms with E-state index in [1.54, 1.807) is 11.8 Å². The second-order valence-corrected chi connectivity index (χ2v) is 4.28. The summed E-state index contributed by atoms with van der Waals surface area (Å²) in [5, 5.41) is 9.33. The van der Waals surface area contributed by atoms with Crippen LogP contribution in [0.4, 0.5) is 0 Å². The zero-order chi connectivity index (χ0) is 8.55. The van der Waals surface area contributed by atoms with E-state index in [4.69, 9.17) is 10.8 Å². The zero-order valence-electron chi connectivity index (χ0n) is 6.60. The molecule has 0 saturated carbocycles. The number of hydrogen-bond acceptors (Lipinski definition) is 3. The number of rotatable bonds is 1. The van der Waals surface area contributed by atoms with Crippen molar-refractivity contribution in [2.45, 2.75) is 5.25 Å². The molecule has 0 aromatic rings. The summed E-state index contributed by atoms with van der Waals surface area (Å²) in [5.41, 5.74) is 6.48. The molecule has 0 radical (unpaired) electrons. The van der Waals surface area contributed by atoms with Crippen LogP contribution in [0.2, 0.25) is 0 Å². The average Bonchev–Trinajstić information content (AvgIpc) is 2.46. The SMILES string of the molecule is NC1=CC2SC(CO)=CC2C=C1. The molecule has 3 N–H and O–H groups in total. The molecule has 2 unspecified atom stereocenters. The number of allylic oxidation sites excluding steroid dienone is 3. The molecule has 0 aromatic carbocycles. The van der Waals surface area contributed by atoms with E-state index >= 15 is 0 Å². The molecule has 12 heavy (non-hydrogen) atoms. The highest BCUT2D eigenvalue weighted by Gasteiger charge is 2.26. The molecule has 64 valence electrons. The first-order valence-electron chi connectivity index (χ1n) is 3.93. The first kappa shape index (κ1) is 7.95. The highest BCUT2D eigenvalue weighted by Crippen LogP contribution is 2.39. The van der Waals surface area contributed by atoms with Gasteiger partial charge in [-0.25, -0.2) is 0 Å². The van der Waals surface area contributed by atoms with Gasteiger partial charge < -0.3 is 10.8 Å². The van der Waals surface area contributed by atoms with Gasteiger partial charge in [0.1, 0.15) is 0 Å². The van der Waals surface area contributed by atoms with Crippen molar-refractivity contribution < 1.29 is 5.11 Å². The van der Waals surface area contributed by atoms with Crippen molar-refractivity contribution in [3.8, 4) is 0 Å². The Kier molecular flexibility index (Phi) is 1.98. The summed E-state index contributed by atoms with van der Waals surface area (Å²) in [7, 11) is 0. The first-order valence-corrected chi connectivity index (χ1v) is 4.81. The van der Waals surface area contributed by atoms with Crippen LogP contribution in [-0.2, 0) is 0 Å². The lowest BCUT2D eigenvalue weighted by Crippen LogP contribution is -2.13. The summed E-state index contributed by atoms with van der Waals surface area (Å²) in [6, 6.07) is 0. The molecule has 0 saturated heterocycles. The lowest BCUT2D eigenvalue weighted by molar-refractivity contribution is 0.339. The lowest BCUT2D eigenvalue weighted by Gasteiger charge is -2.15. The molecule has 0 bridgehead atoms. The zero-order valence-corrected chi connectivity index (χ0v) is 7.42. The van der Waals surface area contributed by atoms with Crippen LogP contribution in [0.3, 0.4) is 0 Å². The third kappa shape index (κ3) is 1.30. The van der Waals surface area contributed by atoms with Gasteiger partial charge in [0.05, 0.1) is 6.61 Å². The van der Waals surface area contributed by atoms with Crippen LogP contribution in [0, 0.1) is 5.92 Å². The van der Waals surface area contributed by atoms with Crippen molar-refractivity contribution in [1.82, 2.24) is 0 Å². The fourth-order valence-corrected chi connectivity index (χ4v) is 2.68. The Morgan fingerprint density at radius 1 is 1.50 bits per heavy atom. The van der Waals surface area contributed by atoms with Gasteiger partial charge in [0.25, 0.3) is 0 Å². The molecule has 3 heteroatoms. The van der Waals surface area contributed by atoms with Crippen molar-refractivity contribution in [2.24, 2.45) is 11.7 Å². The van der Waals surface area contributed by atoms with Gasteiger partial charge in [-0.3, -0.25) is 0 Å². The largest absolute Gasteiger partial charge is 0.399 e. The highest BCUT2D eigenvalue weighted by atomic mass is 32.2. The second-order valence-electron chi connectivity index (χ2n) is 2.98. The van der Waals surface area contributed by atoms with Crippen LogP contribution in [0.1, 0.15) is 0 Å². The number of aliphatic hydroxyl groups is 1. The predicted octanol–water partition coefficient (Wildman–Crippen LogP) is 1.01. The van der Waals surface area contributed by atoms with E-state index in [9.17, 15) is 0 Å². The van der Waals surface area contributed by atoms with Gasteiger partial charge >= 0.3 is 0 Å². The topological polar surface area (TPSA) is 46.2 Å². The van der Waals surface area contributed by atoms with Crippen LogP contribution in [0.15, 0.2) is 34.9 Å².